The maximum atomic E-state index is 11.3. The molecule has 1 rings (SSSR count). The molecule has 4 heteroatoms. The third kappa shape index (κ3) is 4.79. The van der Waals surface area contributed by atoms with Gasteiger partial charge in [-0.2, -0.15) is 0 Å². The molecule has 4 nitrogen and oxygen atoms in total. The van der Waals surface area contributed by atoms with Crippen LogP contribution in [-0.2, 0) is 6.54 Å². The maximum absolute atomic E-state index is 11.3. The number of rotatable bonds is 4. The van der Waals surface area contributed by atoms with Gasteiger partial charge in [-0.15, -0.1) is 0 Å². The van der Waals surface area contributed by atoms with E-state index < -0.39 is 6.10 Å². The molecule has 0 aromatic heterocycles. The van der Waals surface area contributed by atoms with E-state index in [4.69, 9.17) is 5.11 Å². The summed E-state index contributed by atoms with van der Waals surface area (Å²) in [5, 5.41) is 14.3. The molecule has 0 saturated heterocycles. The lowest BCUT2D eigenvalue weighted by Gasteiger charge is -2.09. The van der Waals surface area contributed by atoms with Gasteiger partial charge in [-0.1, -0.05) is 29.8 Å². The first-order chi connectivity index (χ1) is 7.58. The average Bonchev–Trinajstić information content (AvgIpc) is 2.23. The van der Waals surface area contributed by atoms with Crippen molar-refractivity contribution >= 4 is 6.03 Å². The quantitative estimate of drug-likeness (QED) is 0.716. The second-order valence-corrected chi connectivity index (χ2v) is 3.90. The predicted octanol–water partition coefficient (Wildman–Crippen LogP) is 1.18. The van der Waals surface area contributed by atoms with Gasteiger partial charge in [0.25, 0.3) is 0 Å². The summed E-state index contributed by atoms with van der Waals surface area (Å²) in [7, 11) is 0. The Balaban J connectivity index is 2.31. The van der Waals surface area contributed by atoms with Gasteiger partial charge in [-0.3, -0.25) is 0 Å². The number of carbonyl (C=O) groups is 1. The zero-order valence-electron chi connectivity index (χ0n) is 9.66. The van der Waals surface area contributed by atoms with Crippen LogP contribution in [-0.4, -0.2) is 23.8 Å². The molecule has 1 aromatic carbocycles. The van der Waals surface area contributed by atoms with E-state index >= 15 is 0 Å². The van der Waals surface area contributed by atoms with Crippen molar-refractivity contribution in [2.75, 3.05) is 6.54 Å². The molecule has 0 saturated carbocycles. The van der Waals surface area contributed by atoms with Crippen LogP contribution in [0.5, 0.6) is 0 Å². The molecule has 0 aliphatic carbocycles. The second-order valence-electron chi connectivity index (χ2n) is 3.90. The molecule has 1 atom stereocenters. The standard InChI is InChI=1S/C12H18N2O2/c1-9-4-3-5-11(6-9)8-14-12(16)13-7-10(2)15/h3-6,10,15H,7-8H2,1-2H3,(H2,13,14,16). The van der Waals surface area contributed by atoms with Crippen molar-refractivity contribution in [3.05, 3.63) is 35.4 Å². The van der Waals surface area contributed by atoms with Crippen molar-refractivity contribution in [1.82, 2.24) is 10.6 Å². The summed E-state index contributed by atoms with van der Waals surface area (Å²) < 4.78 is 0. The number of benzene rings is 1. The van der Waals surface area contributed by atoms with Gasteiger partial charge in [0.2, 0.25) is 0 Å². The van der Waals surface area contributed by atoms with E-state index in [-0.39, 0.29) is 12.6 Å². The highest BCUT2D eigenvalue weighted by Crippen LogP contribution is 2.02. The fourth-order valence-electron chi connectivity index (χ4n) is 1.31. The predicted molar refractivity (Wildman–Crippen MR) is 63.1 cm³/mol. The lowest BCUT2D eigenvalue weighted by molar-refractivity contribution is 0.187. The van der Waals surface area contributed by atoms with Gasteiger partial charge in [0, 0.05) is 13.1 Å². The van der Waals surface area contributed by atoms with Gasteiger partial charge >= 0.3 is 6.03 Å². The summed E-state index contributed by atoms with van der Waals surface area (Å²) >= 11 is 0. The van der Waals surface area contributed by atoms with E-state index in [0.29, 0.717) is 6.54 Å². The van der Waals surface area contributed by atoms with Crippen LogP contribution in [0.25, 0.3) is 0 Å². The Labute approximate surface area is 95.7 Å². The van der Waals surface area contributed by atoms with E-state index in [2.05, 4.69) is 10.6 Å². The molecule has 0 bridgehead atoms. The Bertz CT molecular complexity index is 351. The molecule has 1 aromatic rings. The second kappa shape index (κ2) is 6.12. The molecule has 0 radical (unpaired) electrons. The molecule has 2 amide bonds. The minimum Gasteiger partial charge on any atom is -0.392 e. The van der Waals surface area contributed by atoms with Gasteiger partial charge in [0.1, 0.15) is 0 Å². The summed E-state index contributed by atoms with van der Waals surface area (Å²) in [5.74, 6) is 0. The smallest absolute Gasteiger partial charge is 0.315 e. The molecule has 1 unspecified atom stereocenters. The molecule has 16 heavy (non-hydrogen) atoms. The first-order valence-corrected chi connectivity index (χ1v) is 5.33. The number of aliphatic hydroxyl groups is 1. The van der Waals surface area contributed by atoms with Crippen molar-refractivity contribution < 1.29 is 9.90 Å². The lowest BCUT2D eigenvalue weighted by Crippen LogP contribution is -2.38. The van der Waals surface area contributed by atoms with Crippen LogP contribution in [0.2, 0.25) is 0 Å². The number of aryl methyl sites for hydroxylation is 1. The van der Waals surface area contributed by atoms with Gasteiger partial charge in [-0.25, -0.2) is 4.79 Å². The number of hydrogen-bond donors (Lipinski definition) is 3. The summed E-state index contributed by atoms with van der Waals surface area (Å²) in [4.78, 5) is 11.3. The highest BCUT2D eigenvalue weighted by atomic mass is 16.3. The van der Waals surface area contributed by atoms with Crippen LogP contribution in [0, 0.1) is 6.92 Å². The first-order valence-electron chi connectivity index (χ1n) is 5.33. The highest BCUT2D eigenvalue weighted by molar-refractivity contribution is 5.73. The van der Waals surface area contributed by atoms with Crippen molar-refractivity contribution in [3.8, 4) is 0 Å². The van der Waals surface area contributed by atoms with E-state index in [1.807, 2.05) is 31.2 Å². The number of aliphatic hydroxyl groups excluding tert-OH is 1. The monoisotopic (exact) mass is 222 g/mol. The number of urea groups is 1. The maximum Gasteiger partial charge on any atom is 0.315 e. The van der Waals surface area contributed by atoms with E-state index in [1.165, 1.54) is 5.56 Å². The Morgan fingerprint density at radius 2 is 2.19 bits per heavy atom. The average molecular weight is 222 g/mol. The molecule has 0 spiro atoms. The van der Waals surface area contributed by atoms with Gasteiger partial charge < -0.3 is 15.7 Å². The molecule has 0 heterocycles. The van der Waals surface area contributed by atoms with Crippen LogP contribution >= 0.6 is 0 Å². The molecular formula is C12H18N2O2. The Morgan fingerprint density at radius 1 is 1.44 bits per heavy atom. The molecule has 0 aliphatic heterocycles. The van der Waals surface area contributed by atoms with Crippen molar-refractivity contribution in [2.24, 2.45) is 0 Å². The number of carbonyl (C=O) groups excluding carboxylic acids is 1. The summed E-state index contributed by atoms with van der Waals surface area (Å²) in [5.41, 5.74) is 2.23. The van der Waals surface area contributed by atoms with Crippen LogP contribution < -0.4 is 10.6 Å². The first kappa shape index (κ1) is 12.5. The van der Waals surface area contributed by atoms with Crippen LogP contribution in [0.1, 0.15) is 18.1 Å². The minimum absolute atomic E-state index is 0.262. The summed E-state index contributed by atoms with van der Waals surface area (Å²) in [6, 6.07) is 7.69. The zero-order chi connectivity index (χ0) is 12.0. The molecular weight excluding hydrogens is 204 g/mol. The Hall–Kier alpha value is -1.55. The Kier molecular flexibility index (Phi) is 4.79. The number of amides is 2. The summed E-state index contributed by atoms with van der Waals surface area (Å²) in [6.45, 7) is 4.39. The summed E-state index contributed by atoms with van der Waals surface area (Å²) in [6.07, 6.45) is -0.523. The van der Waals surface area contributed by atoms with Crippen molar-refractivity contribution in [3.63, 3.8) is 0 Å². The molecule has 0 fully saturated rings. The lowest BCUT2D eigenvalue weighted by atomic mass is 10.1. The SMILES string of the molecule is Cc1cccc(CNC(=O)NCC(C)O)c1. The van der Waals surface area contributed by atoms with Gasteiger partial charge in [-0.05, 0) is 19.4 Å². The van der Waals surface area contributed by atoms with Crippen molar-refractivity contribution in [2.45, 2.75) is 26.5 Å². The fraction of sp³-hybridized carbons (Fsp3) is 0.417. The zero-order valence-corrected chi connectivity index (χ0v) is 9.66. The van der Waals surface area contributed by atoms with E-state index in [9.17, 15) is 4.79 Å². The van der Waals surface area contributed by atoms with Crippen molar-refractivity contribution in [1.29, 1.82) is 0 Å². The largest absolute Gasteiger partial charge is 0.392 e. The van der Waals surface area contributed by atoms with Crippen LogP contribution in [0.3, 0.4) is 0 Å². The molecule has 3 N–H and O–H groups in total. The highest BCUT2D eigenvalue weighted by Gasteiger charge is 2.01. The van der Waals surface area contributed by atoms with E-state index in [0.717, 1.165) is 5.56 Å². The molecule has 88 valence electrons. The minimum atomic E-state index is -0.523. The molecule has 0 aliphatic rings. The fourth-order valence-corrected chi connectivity index (χ4v) is 1.31. The van der Waals surface area contributed by atoms with E-state index in [1.54, 1.807) is 6.92 Å². The van der Waals surface area contributed by atoms with Gasteiger partial charge in [0.15, 0.2) is 0 Å². The number of nitrogens with one attached hydrogen (secondary N) is 2. The third-order valence-corrected chi connectivity index (χ3v) is 2.09. The topological polar surface area (TPSA) is 61.4 Å². The third-order valence-electron chi connectivity index (χ3n) is 2.09. The number of hydrogen-bond acceptors (Lipinski definition) is 2. The Morgan fingerprint density at radius 3 is 2.81 bits per heavy atom. The normalized spacial score (nSPS) is 11.9. The van der Waals surface area contributed by atoms with Crippen LogP contribution in [0.4, 0.5) is 4.79 Å². The van der Waals surface area contributed by atoms with Gasteiger partial charge in [0.05, 0.1) is 6.10 Å². The van der Waals surface area contributed by atoms with Crippen LogP contribution in [0.15, 0.2) is 24.3 Å².